The van der Waals surface area contributed by atoms with E-state index in [1.54, 1.807) is 12.1 Å². The molecule has 198 valence electrons. The van der Waals surface area contributed by atoms with Gasteiger partial charge in [0.05, 0.1) is 11.1 Å². The van der Waals surface area contributed by atoms with Crippen LogP contribution in [0.4, 0.5) is 31.5 Å². The number of carbonyl (C=O) groups excluding carboxylic acids is 1. The zero-order chi connectivity index (χ0) is 26.8. The summed E-state index contributed by atoms with van der Waals surface area (Å²) < 4.78 is 82.8. The third-order valence-electron chi connectivity index (χ3n) is 6.02. The number of hydrogen-bond donors (Lipinski definition) is 1. The second-order valence-electron chi connectivity index (χ2n) is 8.73. The van der Waals surface area contributed by atoms with Crippen molar-refractivity contribution in [2.75, 3.05) is 24.5 Å². The van der Waals surface area contributed by atoms with E-state index in [4.69, 9.17) is 11.6 Å². The second-order valence-corrected chi connectivity index (χ2v) is 9.90. The number of amides is 1. The van der Waals surface area contributed by atoms with Gasteiger partial charge in [0.2, 0.25) is 5.13 Å². The minimum Gasteiger partial charge on any atom is -0.352 e. The first-order chi connectivity index (χ1) is 17.4. The standard InChI is InChI=1S/C24H21ClF6N4OS/c25-19-3-1-14(2-4-19)9-20-33-22(37-34-20)35-7-5-15(6-8-35)13-32-21(36)16-10-17(23(26,27)28)12-18(11-16)24(29,30)31/h1-4,10-12,15H,5-9,13H2,(H,32,36). The molecule has 1 amide bonds. The van der Waals surface area contributed by atoms with E-state index in [0.717, 1.165) is 10.7 Å². The van der Waals surface area contributed by atoms with Crippen LogP contribution >= 0.6 is 23.1 Å². The van der Waals surface area contributed by atoms with Crippen LogP contribution in [-0.2, 0) is 18.8 Å². The largest absolute Gasteiger partial charge is 0.416 e. The van der Waals surface area contributed by atoms with Gasteiger partial charge in [0.15, 0.2) is 0 Å². The molecule has 13 heteroatoms. The van der Waals surface area contributed by atoms with Crippen LogP contribution in [0.2, 0.25) is 5.02 Å². The molecule has 1 N–H and O–H groups in total. The van der Waals surface area contributed by atoms with Crippen molar-refractivity contribution in [1.29, 1.82) is 0 Å². The zero-order valence-corrected chi connectivity index (χ0v) is 20.7. The molecular weight excluding hydrogens is 542 g/mol. The Morgan fingerprint density at radius 3 is 2.16 bits per heavy atom. The summed E-state index contributed by atoms with van der Waals surface area (Å²) in [5, 5.41) is 3.91. The molecule has 0 bridgehead atoms. The normalized spacial score (nSPS) is 15.2. The molecule has 1 aliphatic rings. The van der Waals surface area contributed by atoms with Crippen molar-refractivity contribution in [3.8, 4) is 0 Å². The van der Waals surface area contributed by atoms with Crippen LogP contribution in [0.25, 0.3) is 0 Å². The number of aromatic nitrogens is 2. The molecule has 0 saturated carbocycles. The average Bonchev–Trinajstić information content (AvgIpc) is 3.31. The summed E-state index contributed by atoms with van der Waals surface area (Å²) in [6, 6.07) is 8.29. The van der Waals surface area contributed by atoms with Crippen molar-refractivity contribution >= 4 is 34.2 Å². The number of anilines is 1. The number of nitrogens with zero attached hydrogens (tertiary/aromatic N) is 3. The Hall–Kier alpha value is -2.86. The van der Waals surface area contributed by atoms with Gasteiger partial charge in [-0.1, -0.05) is 23.7 Å². The summed E-state index contributed by atoms with van der Waals surface area (Å²) in [6.45, 7) is 1.41. The van der Waals surface area contributed by atoms with Gasteiger partial charge in [0, 0.05) is 48.2 Å². The van der Waals surface area contributed by atoms with Crippen molar-refractivity contribution in [3.05, 3.63) is 75.6 Å². The molecule has 0 spiro atoms. The van der Waals surface area contributed by atoms with Crippen molar-refractivity contribution in [1.82, 2.24) is 14.7 Å². The SMILES string of the molecule is O=C(NCC1CCN(c2nc(Cc3ccc(Cl)cc3)ns2)CC1)c1cc(C(F)(F)F)cc(C(F)(F)F)c1. The predicted octanol–water partition coefficient (Wildman–Crippen LogP) is 6.47. The molecule has 1 fully saturated rings. The average molecular weight is 563 g/mol. The Morgan fingerprint density at radius 1 is 1.00 bits per heavy atom. The highest BCUT2D eigenvalue weighted by Gasteiger charge is 2.37. The fourth-order valence-electron chi connectivity index (χ4n) is 3.98. The maximum absolute atomic E-state index is 13.1. The molecule has 37 heavy (non-hydrogen) atoms. The van der Waals surface area contributed by atoms with Crippen molar-refractivity contribution in [2.24, 2.45) is 5.92 Å². The van der Waals surface area contributed by atoms with Crippen molar-refractivity contribution in [2.45, 2.75) is 31.6 Å². The lowest BCUT2D eigenvalue weighted by Crippen LogP contribution is -2.38. The molecular formula is C24H21ClF6N4OS. The monoisotopic (exact) mass is 562 g/mol. The molecule has 4 rings (SSSR count). The number of benzene rings is 2. The number of rotatable bonds is 6. The molecule has 5 nitrogen and oxygen atoms in total. The minimum atomic E-state index is -5.01. The summed E-state index contributed by atoms with van der Waals surface area (Å²) in [5.41, 5.74) is -2.69. The third kappa shape index (κ3) is 7.13. The van der Waals surface area contributed by atoms with E-state index in [-0.39, 0.29) is 18.5 Å². The summed E-state index contributed by atoms with van der Waals surface area (Å²) in [6.07, 6.45) is -8.11. The van der Waals surface area contributed by atoms with E-state index in [1.165, 1.54) is 11.5 Å². The van der Waals surface area contributed by atoms with Gasteiger partial charge >= 0.3 is 12.4 Å². The summed E-state index contributed by atoms with van der Waals surface area (Å²) >= 11 is 7.19. The third-order valence-corrected chi connectivity index (χ3v) is 7.09. The number of piperidine rings is 1. The van der Waals surface area contributed by atoms with Crippen LogP contribution < -0.4 is 10.2 Å². The van der Waals surface area contributed by atoms with Crippen LogP contribution in [0.5, 0.6) is 0 Å². The topological polar surface area (TPSA) is 58.1 Å². The summed E-state index contributed by atoms with van der Waals surface area (Å²) in [7, 11) is 0. The van der Waals surface area contributed by atoms with Crippen LogP contribution in [0.1, 0.15) is 45.7 Å². The van der Waals surface area contributed by atoms with Gasteiger partial charge in [0.1, 0.15) is 5.82 Å². The highest BCUT2D eigenvalue weighted by Crippen LogP contribution is 2.36. The smallest absolute Gasteiger partial charge is 0.352 e. The molecule has 1 aromatic heterocycles. The van der Waals surface area contributed by atoms with Gasteiger partial charge in [-0.2, -0.15) is 30.7 Å². The maximum atomic E-state index is 13.1. The Bertz CT molecular complexity index is 1210. The van der Waals surface area contributed by atoms with E-state index in [2.05, 4.69) is 19.6 Å². The first kappa shape index (κ1) is 27.2. The second kappa shape index (κ2) is 10.9. The van der Waals surface area contributed by atoms with E-state index in [0.29, 0.717) is 55.3 Å². The number of hydrogen-bond acceptors (Lipinski definition) is 5. The first-order valence-electron chi connectivity index (χ1n) is 11.3. The minimum absolute atomic E-state index is 0.000841. The number of halogens is 7. The van der Waals surface area contributed by atoms with Crippen molar-refractivity contribution in [3.63, 3.8) is 0 Å². The van der Waals surface area contributed by atoms with Gasteiger partial charge < -0.3 is 10.2 Å². The fourth-order valence-corrected chi connectivity index (χ4v) is 4.85. The Labute approximate surface area is 217 Å². The van der Waals surface area contributed by atoms with E-state index >= 15 is 0 Å². The molecule has 0 radical (unpaired) electrons. The molecule has 0 aliphatic carbocycles. The molecule has 0 unspecified atom stereocenters. The number of nitrogens with one attached hydrogen (secondary N) is 1. The van der Waals surface area contributed by atoms with E-state index < -0.39 is 35.0 Å². The highest BCUT2D eigenvalue weighted by atomic mass is 35.5. The van der Waals surface area contributed by atoms with Gasteiger partial charge in [-0.25, -0.2) is 4.98 Å². The molecule has 2 heterocycles. The highest BCUT2D eigenvalue weighted by molar-refractivity contribution is 7.09. The quantitative estimate of drug-likeness (QED) is 0.350. The van der Waals surface area contributed by atoms with Crippen LogP contribution in [0, 0.1) is 5.92 Å². The summed E-state index contributed by atoms with van der Waals surface area (Å²) in [4.78, 5) is 19.1. The lowest BCUT2D eigenvalue weighted by Gasteiger charge is -2.31. The Morgan fingerprint density at radius 2 is 1.59 bits per heavy atom. The van der Waals surface area contributed by atoms with Crippen LogP contribution in [0.15, 0.2) is 42.5 Å². The number of alkyl halides is 6. The molecule has 3 aromatic rings. The fraction of sp³-hybridized carbons (Fsp3) is 0.375. The van der Waals surface area contributed by atoms with Gasteiger partial charge in [-0.15, -0.1) is 0 Å². The van der Waals surface area contributed by atoms with Crippen LogP contribution in [0.3, 0.4) is 0 Å². The molecule has 2 aromatic carbocycles. The molecule has 1 aliphatic heterocycles. The first-order valence-corrected chi connectivity index (χ1v) is 12.4. The van der Waals surface area contributed by atoms with Gasteiger partial charge in [0.25, 0.3) is 5.91 Å². The molecule has 1 saturated heterocycles. The predicted molar refractivity (Wildman–Crippen MR) is 128 cm³/mol. The Kier molecular flexibility index (Phi) is 7.98. The van der Waals surface area contributed by atoms with Crippen molar-refractivity contribution < 1.29 is 31.1 Å². The zero-order valence-electron chi connectivity index (χ0n) is 19.2. The van der Waals surface area contributed by atoms with Gasteiger partial charge in [-0.3, -0.25) is 4.79 Å². The summed E-state index contributed by atoms with van der Waals surface area (Å²) in [5.74, 6) is -0.263. The lowest BCUT2D eigenvalue weighted by atomic mass is 9.97. The lowest BCUT2D eigenvalue weighted by molar-refractivity contribution is -0.143. The van der Waals surface area contributed by atoms with E-state index in [1.807, 2.05) is 12.1 Å². The van der Waals surface area contributed by atoms with Gasteiger partial charge in [-0.05, 0) is 54.7 Å². The van der Waals surface area contributed by atoms with E-state index in [9.17, 15) is 31.1 Å². The maximum Gasteiger partial charge on any atom is 0.416 e. The van der Waals surface area contributed by atoms with Crippen LogP contribution in [-0.4, -0.2) is 34.9 Å². The number of carbonyl (C=O) groups is 1. The molecule has 0 atom stereocenters. The Balaban J connectivity index is 1.31.